The molecule has 3 rings (SSSR count). The molecule has 2 aromatic rings. The Morgan fingerprint density at radius 2 is 1.74 bits per heavy atom. The van der Waals surface area contributed by atoms with Crippen LogP contribution in [-0.4, -0.2) is 61.4 Å². The molecule has 0 aliphatic carbocycles. The van der Waals surface area contributed by atoms with Crippen LogP contribution in [0.1, 0.15) is 22.8 Å². The third kappa shape index (κ3) is 4.87. The van der Waals surface area contributed by atoms with Crippen LogP contribution in [-0.2, 0) is 4.74 Å². The van der Waals surface area contributed by atoms with Crippen molar-refractivity contribution in [3.63, 3.8) is 0 Å². The summed E-state index contributed by atoms with van der Waals surface area (Å²) in [6, 6.07) is 14.9. The topological polar surface area (TPSA) is 45.1 Å². The number of esters is 1. The number of amidine groups is 1. The highest BCUT2D eigenvalue weighted by atomic mass is 35.5. The summed E-state index contributed by atoms with van der Waals surface area (Å²) in [5.74, 6) is 0.552. The second-order valence-corrected chi connectivity index (χ2v) is 6.84. The van der Waals surface area contributed by atoms with Crippen molar-refractivity contribution in [3.8, 4) is 0 Å². The third-order valence-corrected chi connectivity index (χ3v) is 4.96. The normalized spacial score (nSPS) is 15.7. The maximum absolute atomic E-state index is 11.7. The van der Waals surface area contributed by atoms with Gasteiger partial charge in [-0.2, -0.15) is 0 Å². The number of carbonyl (C=O) groups is 1. The molecule has 142 valence electrons. The van der Waals surface area contributed by atoms with Crippen molar-refractivity contribution in [2.45, 2.75) is 6.92 Å². The predicted octanol–water partition coefficient (Wildman–Crippen LogP) is 3.84. The Labute approximate surface area is 165 Å². The number of piperazine rings is 1. The van der Waals surface area contributed by atoms with Gasteiger partial charge in [0.1, 0.15) is 5.84 Å². The molecule has 1 saturated heterocycles. The van der Waals surface area contributed by atoms with Crippen LogP contribution in [0.5, 0.6) is 0 Å². The quantitative estimate of drug-likeness (QED) is 0.455. The third-order valence-electron chi connectivity index (χ3n) is 4.73. The number of methoxy groups -OCH3 is 1. The second kappa shape index (κ2) is 9.02. The largest absolute Gasteiger partial charge is 0.465 e. The Hall–Kier alpha value is -2.37. The van der Waals surface area contributed by atoms with E-state index >= 15 is 0 Å². The van der Waals surface area contributed by atoms with Crippen LogP contribution in [0.2, 0.25) is 5.02 Å². The van der Waals surface area contributed by atoms with Crippen molar-refractivity contribution >= 4 is 29.1 Å². The van der Waals surface area contributed by atoms with Crippen molar-refractivity contribution < 1.29 is 9.53 Å². The van der Waals surface area contributed by atoms with Gasteiger partial charge in [0, 0.05) is 36.8 Å². The number of benzene rings is 2. The fraction of sp³-hybridized carbons (Fsp3) is 0.333. The summed E-state index contributed by atoms with van der Waals surface area (Å²) >= 11 is 6.13. The van der Waals surface area contributed by atoms with E-state index in [9.17, 15) is 4.79 Å². The van der Waals surface area contributed by atoms with Gasteiger partial charge in [0.05, 0.1) is 18.4 Å². The molecule has 0 bridgehead atoms. The molecule has 27 heavy (non-hydrogen) atoms. The van der Waals surface area contributed by atoms with Crippen LogP contribution in [0.15, 0.2) is 53.5 Å². The van der Waals surface area contributed by atoms with E-state index in [0.717, 1.165) is 49.8 Å². The van der Waals surface area contributed by atoms with Gasteiger partial charge in [0.2, 0.25) is 0 Å². The Morgan fingerprint density at radius 1 is 1.07 bits per heavy atom. The highest BCUT2D eigenvalue weighted by Gasteiger charge is 2.20. The van der Waals surface area contributed by atoms with E-state index in [4.69, 9.17) is 21.3 Å². The minimum atomic E-state index is -0.341. The summed E-state index contributed by atoms with van der Waals surface area (Å²) < 4.78 is 4.79. The number of carbonyl (C=O) groups excluding carboxylic acids is 1. The molecule has 0 amide bonds. The van der Waals surface area contributed by atoms with Crippen LogP contribution in [0.4, 0.5) is 5.69 Å². The number of ether oxygens (including phenoxy) is 1. The summed E-state index contributed by atoms with van der Waals surface area (Å²) in [4.78, 5) is 21.3. The Kier molecular flexibility index (Phi) is 6.48. The van der Waals surface area contributed by atoms with Crippen molar-refractivity contribution in [1.29, 1.82) is 0 Å². The maximum atomic E-state index is 11.7. The summed E-state index contributed by atoms with van der Waals surface area (Å²) in [5, 5.41) is 0.660. The smallest absolute Gasteiger partial charge is 0.337 e. The zero-order chi connectivity index (χ0) is 19.2. The van der Waals surface area contributed by atoms with E-state index in [0.29, 0.717) is 10.6 Å². The minimum absolute atomic E-state index is 0.341. The highest BCUT2D eigenvalue weighted by Crippen LogP contribution is 2.21. The number of rotatable bonds is 4. The van der Waals surface area contributed by atoms with E-state index in [1.165, 1.54) is 7.11 Å². The van der Waals surface area contributed by atoms with Gasteiger partial charge in [-0.1, -0.05) is 36.7 Å². The van der Waals surface area contributed by atoms with Gasteiger partial charge in [-0.3, -0.25) is 0 Å². The Bertz CT molecular complexity index is 812. The van der Waals surface area contributed by atoms with E-state index in [-0.39, 0.29) is 5.97 Å². The summed E-state index contributed by atoms with van der Waals surface area (Å²) in [7, 11) is 1.38. The number of nitrogens with zero attached hydrogens (tertiary/aromatic N) is 3. The lowest BCUT2D eigenvalue weighted by atomic mass is 10.1. The average molecular weight is 386 g/mol. The summed E-state index contributed by atoms with van der Waals surface area (Å²) in [5.41, 5.74) is 2.30. The first-order chi connectivity index (χ1) is 13.1. The first-order valence-corrected chi connectivity index (χ1v) is 9.49. The lowest BCUT2D eigenvalue weighted by molar-refractivity contribution is 0.0600. The van der Waals surface area contributed by atoms with Crippen molar-refractivity contribution in [2.24, 2.45) is 4.99 Å². The number of hydrogen-bond donors (Lipinski definition) is 0. The molecule has 1 fully saturated rings. The van der Waals surface area contributed by atoms with Gasteiger partial charge in [0.15, 0.2) is 0 Å². The van der Waals surface area contributed by atoms with Crippen LogP contribution < -0.4 is 0 Å². The second-order valence-electron chi connectivity index (χ2n) is 6.41. The van der Waals surface area contributed by atoms with E-state index in [1.807, 2.05) is 36.4 Å². The average Bonchev–Trinajstić information content (AvgIpc) is 2.72. The fourth-order valence-corrected chi connectivity index (χ4v) is 3.32. The summed E-state index contributed by atoms with van der Waals surface area (Å²) in [6.07, 6.45) is 0. The molecule has 2 aromatic carbocycles. The Balaban J connectivity index is 1.93. The highest BCUT2D eigenvalue weighted by molar-refractivity contribution is 6.30. The minimum Gasteiger partial charge on any atom is -0.465 e. The molecule has 0 atom stereocenters. The molecule has 0 radical (unpaired) electrons. The van der Waals surface area contributed by atoms with Gasteiger partial charge in [-0.25, -0.2) is 9.79 Å². The first-order valence-electron chi connectivity index (χ1n) is 9.11. The standard InChI is InChI=1S/C21H24ClN3O2/c1-3-24-11-13-25(14-12-24)20(23-19-6-4-5-18(22)15-19)16-7-9-17(10-8-16)21(26)27-2/h4-10,15H,3,11-14H2,1-2H3/b23-20-. The van der Waals surface area contributed by atoms with Crippen molar-refractivity contribution in [1.82, 2.24) is 9.80 Å². The molecule has 0 aromatic heterocycles. The SMILES string of the molecule is CCN1CCN(/C(=N\c2cccc(Cl)c2)c2ccc(C(=O)OC)cc2)CC1. The van der Waals surface area contributed by atoms with Gasteiger partial charge >= 0.3 is 5.97 Å². The van der Waals surface area contributed by atoms with Gasteiger partial charge < -0.3 is 14.5 Å². The number of halogens is 1. The first kappa shape index (κ1) is 19.4. The molecule has 5 nitrogen and oxygen atoms in total. The van der Waals surface area contributed by atoms with Gasteiger partial charge in [-0.05, 0) is 36.9 Å². The van der Waals surface area contributed by atoms with Crippen LogP contribution >= 0.6 is 11.6 Å². The molecule has 0 spiro atoms. The lowest BCUT2D eigenvalue weighted by Crippen LogP contribution is -2.48. The number of aliphatic imine (C=N–C) groups is 1. The number of likely N-dealkylation sites (N-methyl/N-ethyl adjacent to an activating group) is 1. The zero-order valence-corrected chi connectivity index (χ0v) is 16.4. The predicted molar refractivity (Wildman–Crippen MR) is 109 cm³/mol. The molecule has 0 saturated carbocycles. The molecule has 0 unspecified atom stereocenters. The van der Waals surface area contributed by atoms with Crippen molar-refractivity contribution in [2.75, 3.05) is 39.8 Å². The summed E-state index contributed by atoms with van der Waals surface area (Å²) in [6.45, 7) is 7.07. The molecule has 1 aliphatic heterocycles. The molecular weight excluding hydrogens is 362 g/mol. The molecular formula is C21H24ClN3O2. The van der Waals surface area contributed by atoms with E-state index < -0.39 is 0 Å². The number of hydrogen-bond acceptors (Lipinski definition) is 4. The molecule has 1 aliphatic rings. The van der Waals surface area contributed by atoms with Crippen LogP contribution in [0.25, 0.3) is 0 Å². The van der Waals surface area contributed by atoms with Gasteiger partial charge in [0.25, 0.3) is 0 Å². The monoisotopic (exact) mass is 385 g/mol. The molecule has 1 heterocycles. The maximum Gasteiger partial charge on any atom is 0.337 e. The molecule has 6 heteroatoms. The van der Waals surface area contributed by atoms with E-state index in [2.05, 4.69) is 16.7 Å². The fourth-order valence-electron chi connectivity index (χ4n) is 3.13. The van der Waals surface area contributed by atoms with E-state index in [1.54, 1.807) is 12.1 Å². The van der Waals surface area contributed by atoms with Crippen LogP contribution in [0.3, 0.4) is 0 Å². The van der Waals surface area contributed by atoms with Crippen molar-refractivity contribution in [3.05, 3.63) is 64.7 Å². The zero-order valence-electron chi connectivity index (χ0n) is 15.7. The Morgan fingerprint density at radius 3 is 2.33 bits per heavy atom. The van der Waals surface area contributed by atoms with Gasteiger partial charge in [-0.15, -0.1) is 0 Å². The molecule has 0 N–H and O–H groups in total. The van der Waals surface area contributed by atoms with Crippen LogP contribution in [0, 0.1) is 0 Å². The lowest BCUT2D eigenvalue weighted by Gasteiger charge is -2.36.